The lowest BCUT2D eigenvalue weighted by Crippen LogP contribution is -2.59. The van der Waals surface area contributed by atoms with Crippen LogP contribution in [0.25, 0.3) is 0 Å². The van der Waals surface area contributed by atoms with Crippen LogP contribution < -0.4 is 4.90 Å². The molecule has 1 amide bonds. The number of anilines is 1. The van der Waals surface area contributed by atoms with Gasteiger partial charge in [-0.05, 0) is 33.1 Å². The standard InChI is InChI=1S/C16H24N4O/c1-4-6-13-9-17-12(3)18-15(13)20-10-14-7-5-8-19(14)16(21)11(20)2/h9,11,14H,4-8,10H2,1-3H3/t11-,14+/m0/s1. The molecule has 0 unspecified atom stereocenters. The summed E-state index contributed by atoms with van der Waals surface area (Å²) in [6, 6.07) is 0.239. The lowest BCUT2D eigenvalue weighted by atomic mass is 10.1. The van der Waals surface area contributed by atoms with E-state index in [0.717, 1.165) is 56.0 Å². The number of hydrogen-bond acceptors (Lipinski definition) is 4. The van der Waals surface area contributed by atoms with Gasteiger partial charge in [-0.3, -0.25) is 4.79 Å². The number of fused-ring (bicyclic) bond motifs is 1. The summed E-state index contributed by atoms with van der Waals surface area (Å²) in [4.78, 5) is 25.8. The number of piperazine rings is 1. The zero-order valence-corrected chi connectivity index (χ0v) is 13.2. The highest BCUT2D eigenvalue weighted by atomic mass is 16.2. The number of amides is 1. The molecule has 21 heavy (non-hydrogen) atoms. The van der Waals surface area contributed by atoms with Crippen molar-refractivity contribution in [2.75, 3.05) is 18.0 Å². The molecule has 2 aliphatic rings. The highest BCUT2D eigenvalue weighted by Gasteiger charge is 2.41. The van der Waals surface area contributed by atoms with Gasteiger partial charge in [0.15, 0.2) is 0 Å². The second-order valence-corrected chi connectivity index (χ2v) is 6.17. The smallest absolute Gasteiger partial charge is 0.245 e. The van der Waals surface area contributed by atoms with Crippen LogP contribution in [0.2, 0.25) is 0 Å². The molecule has 2 fully saturated rings. The van der Waals surface area contributed by atoms with E-state index in [1.54, 1.807) is 0 Å². The van der Waals surface area contributed by atoms with Gasteiger partial charge in [0.05, 0.1) is 0 Å². The van der Waals surface area contributed by atoms with E-state index in [2.05, 4.69) is 26.7 Å². The minimum Gasteiger partial charge on any atom is -0.342 e. The van der Waals surface area contributed by atoms with E-state index in [1.807, 2.05) is 20.0 Å². The summed E-state index contributed by atoms with van der Waals surface area (Å²) in [6.07, 6.45) is 6.19. The van der Waals surface area contributed by atoms with Gasteiger partial charge in [0, 0.05) is 30.9 Å². The Kier molecular flexibility index (Phi) is 3.83. The first-order valence-corrected chi connectivity index (χ1v) is 8.01. The lowest BCUT2D eigenvalue weighted by Gasteiger charge is -2.42. The predicted octanol–water partition coefficient (Wildman–Crippen LogP) is 1.94. The third kappa shape index (κ3) is 2.49. The van der Waals surface area contributed by atoms with Crippen molar-refractivity contribution in [1.82, 2.24) is 14.9 Å². The number of hydrogen-bond donors (Lipinski definition) is 0. The number of carbonyl (C=O) groups excluding carboxylic acids is 1. The van der Waals surface area contributed by atoms with Crippen molar-refractivity contribution in [2.45, 2.75) is 58.5 Å². The number of carbonyl (C=O) groups is 1. The summed E-state index contributed by atoms with van der Waals surface area (Å²) in [5.74, 6) is 2.00. The van der Waals surface area contributed by atoms with Crippen LogP contribution >= 0.6 is 0 Å². The van der Waals surface area contributed by atoms with E-state index in [4.69, 9.17) is 0 Å². The molecule has 0 N–H and O–H groups in total. The third-order valence-corrected chi connectivity index (χ3v) is 4.65. The maximum Gasteiger partial charge on any atom is 0.245 e. The molecule has 0 bridgehead atoms. The fourth-order valence-corrected chi connectivity index (χ4v) is 3.52. The molecule has 0 spiro atoms. The summed E-state index contributed by atoms with van der Waals surface area (Å²) in [7, 11) is 0. The van der Waals surface area contributed by atoms with Crippen LogP contribution in [0.3, 0.4) is 0 Å². The fraction of sp³-hybridized carbons (Fsp3) is 0.688. The number of aryl methyl sites for hydroxylation is 2. The molecule has 5 nitrogen and oxygen atoms in total. The topological polar surface area (TPSA) is 49.3 Å². The van der Waals surface area contributed by atoms with E-state index in [0.29, 0.717) is 6.04 Å². The van der Waals surface area contributed by atoms with Crippen molar-refractivity contribution in [3.63, 3.8) is 0 Å². The first-order valence-electron chi connectivity index (χ1n) is 8.01. The number of aromatic nitrogens is 2. The Bertz CT molecular complexity index is 545. The highest BCUT2D eigenvalue weighted by molar-refractivity contribution is 5.86. The van der Waals surface area contributed by atoms with Crippen molar-refractivity contribution in [1.29, 1.82) is 0 Å². The third-order valence-electron chi connectivity index (χ3n) is 4.65. The van der Waals surface area contributed by atoms with Gasteiger partial charge >= 0.3 is 0 Å². The van der Waals surface area contributed by atoms with Gasteiger partial charge in [0.25, 0.3) is 0 Å². The quantitative estimate of drug-likeness (QED) is 0.853. The summed E-state index contributed by atoms with van der Waals surface area (Å²) in [5.41, 5.74) is 1.16. The molecule has 5 heteroatoms. The maximum atomic E-state index is 12.6. The van der Waals surface area contributed by atoms with Crippen LogP contribution in [0.15, 0.2) is 6.20 Å². The van der Waals surface area contributed by atoms with Crippen molar-refractivity contribution >= 4 is 11.7 Å². The van der Waals surface area contributed by atoms with Crippen LogP contribution in [0, 0.1) is 6.92 Å². The highest BCUT2D eigenvalue weighted by Crippen LogP contribution is 2.30. The average Bonchev–Trinajstić information content (AvgIpc) is 2.93. The van der Waals surface area contributed by atoms with Crippen LogP contribution in [-0.2, 0) is 11.2 Å². The van der Waals surface area contributed by atoms with Gasteiger partial charge in [-0.15, -0.1) is 0 Å². The molecular weight excluding hydrogens is 264 g/mol. The Labute approximate surface area is 126 Å². The normalized spacial score (nSPS) is 25.4. The van der Waals surface area contributed by atoms with Gasteiger partial charge in [0.1, 0.15) is 17.7 Å². The summed E-state index contributed by atoms with van der Waals surface area (Å²) >= 11 is 0. The molecule has 2 atom stereocenters. The summed E-state index contributed by atoms with van der Waals surface area (Å²) < 4.78 is 0. The van der Waals surface area contributed by atoms with Crippen LogP contribution in [0.1, 0.15) is 44.5 Å². The Morgan fingerprint density at radius 1 is 1.38 bits per heavy atom. The molecular formula is C16H24N4O. The maximum absolute atomic E-state index is 12.6. The van der Waals surface area contributed by atoms with Crippen LogP contribution in [-0.4, -0.2) is 45.9 Å². The molecule has 0 aromatic carbocycles. The Balaban J connectivity index is 1.95. The zero-order chi connectivity index (χ0) is 15.0. The Morgan fingerprint density at radius 3 is 2.95 bits per heavy atom. The van der Waals surface area contributed by atoms with Crippen LogP contribution in [0.4, 0.5) is 5.82 Å². The van der Waals surface area contributed by atoms with Gasteiger partial charge in [-0.25, -0.2) is 9.97 Å². The van der Waals surface area contributed by atoms with Crippen molar-refractivity contribution in [3.05, 3.63) is 17.6 Å². The van der Waals surface area contributed by atoms with Gasteiger partial charge < -0.3 is 9.80 Å². The molecule has 1 aromatic heterocycles. The SMILES string of the molecule is CCCc1cnc(C)nc1N1C[C@H]2CCCN2C(=O)[C@@H]1C. The molecule has 2 aliphatic heterocycles. The minimum absolute atomic E-state index is 0.121. The average molecular weight is 288 g/mol. The lowest BCUT2D eigenvalue weighted by molar-refractivity contribution is -0.134. The summed E-state index contributed by atoms with van der Waals surface area (Å²) in [6.45, 7) is 7.90. The molecule has 0 aliphatic carbocycles. The molecule has 3 rings (SSSR count). The monoisotopic (exact) mass is 288 g/mol. The molecule has 3 heterocycles. The Morgan fingerprint density at radius 2 is 2.19 bits per heavy atom. The van der Waals surface area contributed by atoms with Crippen molar-refractivity contribution < 1.29 is 4.79 Å². The van der Waals surface area contributed by atoms with E-state index >= 15 is 0 Å². The van der Waals surface area contributed by atoms with E-state index < -0.39 is 0 Å². The minimum atomic E-state index is -0.121. The van der Waals surface area contributed by atoms with Gasteiger partial charge in [-0.2, -0.15) is 0 Å². The molecule has 1 aromatic rings. The summed E-state index contributed by atoms with van der Waals surface area (Å²) in [5, 5.41) is 0. The van der Waals surface area contributed by atoms with Crippen molar-refractivity contribution in [3.8, 4) is 0 Å². The second-order valence-electron chi connectivity index (χ2n) is 6.17. The van der Waals surface area contributed by atoms with Gasteiger partial charge in [-0.1, -0.05) is 13.3 Å². The molecule has 0 radical (unpaired) electrons. The first kappa shape index (κ1) is 14.3. The van der Waals surface area contributed by atoms with E-state index in [9.17, 15) is 4.79 Å². The largest absolute Gasteiger partial charge is 0.342 e. The molecule has 114 valence electrons. The van der Waals surface area contributed by atoms with Crippen LogP contribution in [0.5, 0.6) is 0 Å². The fourth-order valence-electron chi connectivity index (χ4n) is 3.52. The number of nitrogens with zero attached hydrogens (tertiary/aromatic N) is 4. The second kappa shape index (κ2) is 5.62. The Hall–Kier alpha value is -1.65. The van der Waals surface area contributed by atoms with Gasteiger partial charge in [0.2, 0.25) is 5.91 Å². The van der Waals surface area contributed by atoms with E-state index in [1.165, 1.54) is 0 Å². The van der Waals surface area contributed by atoms with E-state index in [-0.39, 0.29) is 11.9 Å². The zero-order valence-electron chi connectivity index (χ0n) is 13.2. The molecule has 2 saturated heterocycles. The molecule has 0 saturated carbocycles. The number of rotatable bonds is 3. The predicted molar refractivity (Wildman–Crippen MR) is 82.3 cm³/mol. The van der Waals surface area contributed by atoms with Crippen molar-refractivity contribution in [2.24, 2.45) is 0 Å². The first-order chi connectivity index (χ1) is 10.1.